The maximum atomic E-state index is 12.4. The molecule has 0 amide bonds. The second-order valence-corrected chi connectivity index (χ2v) is 7.15. The van der Waals surface area contributed by atoms with E-state index >= 15 is 0 Å². The fourth-order valence-electron chi connectivity index (χ4n) is 4.84. The van der Waals surface area contributed by atoms with E-state index in [2.05, 4.69) is 13.8 Å². The summed E-state index contributed by atoms with van der Waals surface area (Å²) in [6, 6.07) is 0. The zero-order valence-corrected chi connectivity index (χ0v) is 11.3. The van der Waals surface area contributed by atoms with E-state index in [0.29, 0.717) is 11.7 Å². The molecule has 17 heavy (non-hydrogen) atoms. The van der Waals surface area contributed by atoms with Gasteiger partial charge in [0.1, 0.15) is 5.78 Å². The topological polar surface area (TPSA) is 17.1 Å². The molecule has 0 aromatic carbocycles. The number of carbonyl (C=O) groups is 1. The van der Waals surface area contributed by atoms with Gasteiger partial charge in [-0.15, -0.1) is 0 Å². The minimum atomic E-state index is 0.0460. The molecule has 0 saturated heterocycles. The van der Waals surface area contributed by atoms with Gasteiger partial charge in [0.25, 0.3) is 0 Å². The quantitative estimate of drug-likeness (QED) is 0.694. The molecule has 3 fully saturated rings. The molecule has 2 atom stereocenters. The van der Waals surface area contributed by atoms with Crippen molar-refractivity contribution < 1.29 is 4.79 Å². The summed E-state index contributed by atoms with van der Waals surface area (Å²) in [6.45, 7) is 4.72. The van der Waals surface area contributed by atoms with Crippen LogP contribution in [0.3, 0.4) is 0 Å². The van der Waals surface area contributed by atoms with Crippen molar-refractivity contribution in [3.63, 3.8) is 0 Å². The number of fused-ring (bicyclic) bond motifs is 2. The molecule has 0 aliphatic heterocycles. The van der Waals surface area contributed by atoms with E-state index in [1.165, 1.54) is 44.9 Å². The van der Waals surface area contributed by atoms with Crippen LogP contribution in [-0.4, -0.2) is 5.78 Å². The Balaban J connectivity index is 1.81. The third-order valence-electron chi connectivity index (χ3n) is 6.25. The third kappa shape index (κ3) is 1.54. The lowest BCUT2D eigenvalue weighted by Crippen LogP contribution is -2.37. The Morgan fingerprint density at radius 2 is 1.88 bits per heavy atom. The molecular formula is C16H25O. The lowest BCUT2D eigenvalue weighted by atomic mass is 9.63. The summed E-state index contributed by atoms with van der Waals surface area (Å²) < 4.78 is 0. The number of hydrogen-bond donors (Lipinski definition) is 0. The van der Waals surface area contributed by atoms with Gasteiger partial charge < -0.3 is 0 Å². The number of hydrogen-bond acceptors (Lipinski definition) is 1. The van der Waals surface area contributed by atoms with Crippen LogP contribution in [0.5, 0.6) is 0 Å². The van der Waals surface area contributed by atoms with E-state index in [4.69, 9.17) is 0 Å². The van der Waals surface area contributed by atoms with Crippen molar-refractivity contribution in [1.29, 1.82) is 0 Å². The molecule has 1 nitrogen and oxygen atoms in total. The summed E-state index contributed by atoms with van der Waals surface area (Å²) in [5.74, 6) is 2.98. The second kappa shape index (κ2) is 3.83. The van der Waals surface area contributed by atoms with E-state index in [1.807, 2.05) is 0 Å². The standard InChI is InChI=1S/C16H25O/c1-15(2)13-8-9-16(15,14(17)10-13)11-12-6-4-3-5-7-12/h13H,3-11H2,1-2H3. The van der Waals surface area contributed by atoms with Gasteiger partial charge in [-0.2, -0.15) is 0 Å². The first kappa shape index (κ1) is 11.7. The highest BCUT2D eigenvalue weighted by Crippen LogP contribution is 2.66. The van der Waals surface area contributed by atoms with Crippen LogP contribution in [0.2, 0.25) is 0 Å². The van der Waals surface area contributed by atoms with Gasteiger partial charge in [0.05, 0.1) is 0 Å². The summed E-state index contributed by atoms with van der Waals surface area (Å²) in [4.78, 5) is 12.4. The Morgan fingerprint density at radius 3 is 2.41 bits per heavy atom. The Labute approximate surface area is 105 Å². The van der Waals surface area contributed by atoms with Crippen LogP contribution < -0.4 is 0 Å². The Morgan fingerprint density at radius 1 is 1.18 bits per heavy atom. The van der Waals surface area contributed by atoms with Crippen molar-refractivity contribution in [2.45, 2.75) is 71.6 Å². The minimum Gasteiger partial charge on any atom is -0.299 e. The van der Waals surface area contributed by atoms with Crippen LogP contribution in [0.1, 0.15) is 71.6 Å². The van der Waals surface area contributed by atoms with E-state index in [9.17, 15) is 4.79 Å². The molecule has 3 aliphatic carbocycles. The molecule has 0 spiro atoms. The number of ketones is 1. The first-order valence-corrected chi connectivity index (χ1v) is 7.43. The lowest BCUT2D eigenvalue weighted by Gasteiger charge is -2.40. The Bertz CT molecular complexity index is 324. The summed E-state index contributed by atoms with van der Waals surface area (Å²) in [5.41, 5.74) is 0.318. The van der Waals surface area contributed by atoms with E-state index in [0.717, 1.165) is 12.8 Å². The van der Waals surface area contributed by atoms with Crippen molar-refractivity contribution in [3.8, 4) is 0 Å². The van der Waals surface area contributed by atoms with Crippen molar-refractivity contribution in [1.82, 2.24) is 0 Å². The van der Waals surface area contributed by atoms with Crippen molar-refractivity contribution in [3.05, 3.63) is 5.92 Å². The first-order valence-electron chi connectivity index (χ1n) is 7.43. The molecule has 3 saturated carbocycles. The minimum absolute atomic E-state index is 0.0460. The van der Waals surface area contributed by atoms with Crippen LogP contribution >= 0.6 is 0 Å². The van der Waals surface area contributed by atoms with Gasteiger partial charge in [-0.25, -0.2) is 0 Å². The Kier molecular flexibility index (Phi) is 2.65. The van der Waals surface area contributed by atoms with Gasteiger partial charge in [-0.3, -0.25) is 4.79 Å². The largest absolute Gasteiger partial charge is 0.299 e. The van der Waals surface area contributed by atoms with E-state index in [-0.39, 0.29) is 10.8 Å². The lowest BCUT2D eigenvalue weighted by molar-refractivity contribution is -0.129. The predicted molar refractivity (Wildman–Crippen MR) is 69.5 cm³/mol. The fourth-order valence-corrected chi connectivity index (χ4v) is 4.84. The van der Waals surface area contributed by atoms with Crippen LogP contribution in [0, 0.1) is 22.7 Å². The SMILES string of the molecule is CC1(C)C2CCC1(C[C]1CCCCC1)C(=O)C2. The molecule has 3 rings (SSSR count). The van der Waals surface area contributed by atoms with Gasteiger partial charge in [0, 0.05) is 11.8 Å². The molecular weight excluding hydrogens is 208 g/mol. The molecule has 0 N–H and O–H groups in total. The maximum Gasteiger partial charge on any atom is 0.139 e. The van der Waals surface area contributed by atoms with Gasteiger partial charge >= 0.3 is 0 Å². The van der Waals surface area contributed by atoms with Gasteiger partial charge in [-0.05, 0) is 49.4 Å². The van der Waals surface area contributed by atoms with E-state index in [1.54, 1.807) is 5.92 Å². The number of rotatable bonds is 2. The summed E-state index contributed by atoms with van der Waals surface area (Å²) in [5, 5.41) is 0. The second-order valence-electron chi connectivity index (χ2n) is 7.15. The van der Waals surface area contributed by atoms with Crippen molar-refractivity contribution >= 4 is 5.78 Å². The smallest absolute Gasteiger partial charge is 0.139 e. The molecule has 0 aromatic heterocycles. The maximum absolute atomic E-state index is 12.4. The van der Waals surface area contributed by atoms with Crippen LogP contribution in [0.25, 0.3) is 0 Å². The van der Waals surface area contributed by atoms with Crippen molar-refractivity contribution in [2.75, 3.05) is 0 Å². The molecule has 95 valence electrons. The average molecular weight is 233 g/mol. The third-order valence-corrected chi connectivity index (χ3v) is 6.25. The molecule has 0 heterocycles. The zero-order valence-electron chi connectivity index (χ0n) is 11.3. The highest BCUT2D eigenvalue weighted by molar-refractivity contribution is 5.89. The van der Waals surface area contributed by atoms with Crippen LogP contribution in [-0.2, 0) is 4.79 Å². The predicted octanol–water partition coefficient (Wildman–Crippen LogP) is 4.31. The molecule has 1 radical (unpaired) electrons. The van der Waals surface area contributed by atoms with E-state index < -0.39 is 0 Å². The van der Waals surface area contributed by atoms with Gasteiger partial charge in [0.2, 0.25) is 0 Å². The fraction of sp³-hybridized carbons (Fsp3) is 0.875. The molecule has 3 aliphatic rings. The van der Waals surface area contributed by atoms with Gasteiger partial charge in [0.15, 0.2) is 0 Å². The number of Topliss-reactive ketones (excluding diaryl/α,β-unsaturated/α-hetero) is 1. The van der Waals surface area contributed by atoms with Crippen LogP contribution in [0.15, 0.2) is 0 Å². The van der Waals surface area contributed by atoms with Gasteiger partial charge in [-0.1, -0.05) is 33.1 Å². The summed E-state index contributed by atoms with van der Waals surface area (Å²) in [7, 11) is 0. The Hall–Kier alpha value is -0.330. The first-order chi connectivity index (χ1) is 8.06. The number of carbonyl (C=O) groups excluding carboxylic acids is 1. The summed E-state index contributed by atoms with van der Waals surface area (Å²) in [6.07, 6.45) is 11.2. The molecule has 2 unspecified atom stereocenters. The summed E-state index contributed by atoms with van der Waals surface area (Å²) >= 11 is 0. The zero-order chi connectivity index (χ0) is 12.1. The normalized spacial score (nSPS) is 41.1. The van der Waals surface area contributed by atoms with Crippen LogP contribution in [0.4, 0.5) is 0 Å². The molecule has 1 heteroatoms. The molecule has 0 aromatic rings. The molecule has 2 bridgehead atoms. The van der Waals surface area contributed by atoms with Crippen molar-refractivity contribution in [2.24, 2.45) is 16.7 Å². The monoisotopic (exact) mass is 233 g/mol. The average Bonchev–Trinajstić information content (AvgIpc) is 2.64. The highest BCUT2D eigenvalue weighted by atomic mass is 16.1. The highest BCUT2D eigenvalue weighted by Gasteiger charge is 2.64.